The van der Waals surface area contributed by atoms with Gasteiger partial charge in [-0.15, -0.1) is 0 Å². The minimum atomic E-state index is -3.84. The Balaban J connectivity index is 1.40. The van der Waals surface area contributed by atoms with Gasteiger partial charge in [0.2, 0.25) is 10.0 Å². The molecule has 3 amide bonds. The van der Waals surface area contributed by atoms with Crippen LogP contribution in [0.4, 0.5) is 9.18 Å². The number of halogens is 2. The summed E-state index contributed by atoms with van der Waals surface area (Å²) in [6.45, 7) is 0.648. The number of carbonyl (C=O) groups is 3. The number of sulfonamides is 1. The van der Waals surface area contributed by atoms with Crippen molar-refractivity contribution in [2.24, 2.45) is 0 Å². The van der Waals surface area contributed by atoms with E-state index in [-0.39, 0.29) is 39.0 Å². The van der Waals surface area contributed by atoms with Crippen molar-refractivity contribution in [2.75, 3.05) is 26.2 Å². The maximum Gasteiger partial charge on any atom is 0.293 e. The van der Waals surface area contributed by atoms with Crippen molar-refractivity contribution in [2.45, 2.75) is 24.2 Å². The van der Waals surface area contributed by atoms with Gasteiger partial charge in [-0.1, -0.05) is 36.2 Å². The predicted octanol–water partition coefficient (Wildman–Crippen LogP) is 4.12. The summed E-state index contributed by atoms with van der Waals surface area (Å²) in [6.07, 6.45) is 3.81. The van der Waals surface area contributed by atoms with Gasteiger partial charge in [-0.25, -0.2) is 12.8 Å². The SMILES string of the molecule is O=C(NCCN1C(=O)SC(=Cc2ccccc2F)C1=O)c1ccc(Cl)c(S(=O)(=O)N2CCCCC2)c1. The summed E-state index contributed by atoms with van der Waals surface area (Å²) in [5, 5.41) is 2.09. The largest absolute Gasteiger partial charge is 0.350 e. The molecule has 0 aromatic heterocycles. The molecule has 0 atom stereocenters. The van der Waals surface area contributed by atoms with Crippen molar-refractivity contribution >= 4 is 56.5 Å². The van der Waals surface area contributed by atoms with E-state index in [9.17, 15) is 27.2 Å². The first-order valence-corrected chi connectivity index (χ1v) is 13.9. The molecule has 2 fully saturated rings. The highest BCUT2D eigenvalue weighted by Crippen LogP contribution is 2.32. The minimum Gasteiger partial charge on any atom is -0.350 e. The lowest BCUT2D eigenvalue weighted by Crippen LogP contribution is -2.37. The molecule has 2 aromatic rings. The molecule has 0 saturated carbocycles. The zero-order valence-electron chi connectivity index (χ0n) is 19.1. The number of amides is 3. The van der Waals surface area contributed by atoms with E-state index in [1.54, 1.807) is 6.07 Å². The summed E-state index contributed by atoms with van der Waals surface area (Å²) in [4.78, 5) is 38.5. The lowest BCUT2D eigenvalue weighted by molar-refractivity contribution is -0.122. The molecule has 0 bridgehead atoms. The highest BCUT2D eigenvalue weighted by Gasteiger charge is 2.35. The number of rotatable bonds is 7. The van der Waals surface area contributed by atoms with Crippen molar-refractivity contribution in [3.8, 4) is 0 Å². The molecule has 0 aliphatic carbocycles. The summed E-state index contributed by atoms with van der Waals surface area (Å²) in [6, 6.07) is 9.89. The van der Waals surface area contributed by atoms with Crippen LogP contribution in [0.3, 0.4) is 0 Å². The Kier molecular flexibility index (Phi) is 8.13. The van der Waals surface area contributed by atoms with Gasteiger partial charge in [0, 0.05) is 37.3 Å². The first-order valence-electron chi connectivity index (χ1n) is 11.3. The van der Waals surface area contributed by atoms with E-state index in [1.807, 2.05) is 0 Å². The fourth-order valence-electron chi connectivity index (χ4n) is 3.90. The van der Waals surface area contributed by atoms with Gasteiger partial charge < -0.3 is 5.32 Å². The van der Waals surface area contributed by atoms with E-state index in [1.165, 1.54) is 46.8 Å². The summed E-state index contributed by atoms with van der Waals surface area (Å²) >= 11 is 6.85. The molecule has 0 radical (unpaired) electrons. The molecule has 2 aliphatic rings. The maximum absolute atomic E-state index is 13.9. The number of benzene rings is 2. The van der Waals surface area contributed by atoms with Gasteiger partial charge in [0.05, 0.1) is 9.93 Å². The third-order valence-corrected chi connectivity index (χ3v) is 9.10. The van der Waals surface area contributed by atoms with Crippen LogP contribution >= 0.6 is 23.4 Å². The van der Waals surface area contributed by atoms with Crippen LogP contribution in [0.25, 0.3) is 6.08 Å². The zero-order valence-corrected chi connectivity index (χ0v) is 21.5. The Morgan fingerprint density at radius 3 is 2.56 bits per heavy atom. The van der Waals surface area contributed by atoms with Crippen LogP contribution in [0, 0.1) is 5.82 Å². The van der Waals surface area contributed by atoms with E-state index < -0.39 is 32.9 Å². The van der Waals surface area contributed by atoms with Crippen LogP contribution in [-0.4, -0.2) is 60.9 Å². The minimum absolute atomic E-state index is 0.0246. The summed E-state index contributed by atoms with van der Waals surface area (Å²) in [5.74, 6) is -1.67. The zero-order chi connectivity index (χ0) is 25.9. The second kappa shape index (κ2) is 11.1. The Morgan fingerprint density at radius 1 is 1.11 bits per heavy atom. The molecule has 1 N–H and O–H groups in total. The Hall–Kier alpha value is -2.73. The van der Waals surface area contributed by atoms with E-state index in [2.05, 4.69) is 5.32 Å². The van der Waals surface area contributed by atoms with E-state index in [0.717, 1.165) is 24.2 Å². The lowest BCUT2D eigenvalue weighted by atomic mass is 10.2. The number of piperidine rings is 1. The van der Waals surface area contributed by atoms with Crippen LogP contribution in [-0.2, 0) is 14.8 Å². The highest BCUT2D eigenvalue weighted by molar-refractivity contribution is 8.18. The van der Waals surface area contributed by atoms with E-state index in [4.69, 9.17) is 11.6 Å². The number of imide groups is 1. The molecule has 2 aliphatic heterocycles. The van der Waals surface area contributed by atoms with Crippen LogP contribution in [0.5, 0.6) is 0 Å². The average Bonchev–Trinajstić information content (AvgIpc) is 3.13. The molecule has 190 valence electrons. The van der Waals surface area contributed by atoms with Crippen LogP contribution < -0.4 is 5.32 Å². The number of carbonyl (C=O) groups excluding carboxylic acids is 3. The first-order chi connectivity index (χ1) is 17.2. The highest BCUT2D eigenvalue weighted by atomic mass is 35.5. The topological polar surface area (TPSA) is 104 Å². The van der Waals surface area contributed by atoms with E-state index >= 15 is 0 Å². The number of hydrogen-bond donors (Lipinski definition) is 1. The van der Waals surface area contributed by atoms with Gasteiger partial charge in [-0.05, 0) is 54.9 Å². The lowest BCUT2D eigenvalue weighted by Gasteiger charge is -2.26. The summed E-state index contributed by atoms with van der Waals surface area (Å²) < 4.78 is 41.3. The molecule has 36 heavy (non-hydrogen) atoms. The predicted molar refractivity (Wildman–Crippen MR) is 135 cm³/mol. The van der Waals surface area contributed by atoms with Gasteiger partial charge in [-0.3, -0.25) is 19.3 Å². The summed E-state index contributed by atoms with van der Waals surface area (Å²) in [7, 11) is -3.84. The third kappa shape index (κ3) is 5.64. The van der Waals surface area contributed by atoms with Gasteiger partial charge in [0.15, 0.2) is 0 Å². The molecular weight excluding hydrogens is 529 g/mol. The van der Waals surface area contributed by atoms with Gasteiger partial charge in [-0.2, -0.15) is 4.31 Å². The van der Waals surface area contributed by atoms with Crippen LogP contribution in [0.15, 0.2) is 52.3 Å². The van der Waals surface area contributed by atoms with Gasteiger partial charge in [0.1, 0.15) is 10.7 Å². The van der Waals surface area contributed by atoms with E-state index in [0.29, 0.717) is 24.9 Å². The monoisotopic (exact) mass is 551 g/mol. The standard InChI is InChI=1S/C24H23ClFN3O5S2/c25-18-9-8-17(15-21(18)36(33,34)28-11-4-1-5-12-28)22(30)27-10-13-29-23(31)20(35-24(29)32)14-16-6-2-3-7-19(16)26/h2-3,6-9,14-15H,1,4-5,10-13H2,(H,27,30). The Bertz CT molecular complexity index is 1340. The number of nitrogens with zero attached hydrogens (tertiary/aromatic N) is 2. The van der Waals surface area contributed by atoms with Crippen molar-refractivity contribution in [3.05, 3.63) is 69.3 Å². The van der Waals surface area contributed by atoms with Crippen LogP contribution in [0.2, 0.25) is 5.02 Å². The molecule has 2 aromatic carbocycles. The number of hydrogen-bond acceptors (Lipinski definition) is 6. The summed E-state index contributed by atoms with van der Waals surface area (Å²) in [5.41, 5.74) is 0.276. The normalized spacial score (nSPS) is 18.2. The maximum atomic E-state index is 13.9. The Labute approximate surface area is 217 Å². The molecule has 4 rings (SSSR count). The second-order valence-electron chi connectivity index (χ2n) is 8.22. The number of thioether (sulfide) groups is 1. The van der Waals surface area contributed by atoms with Gasteiger partial charge in [0.25, 0.3) is 17.1 Å². The molecule has 0 spiro atoms. The van der Waals surface area contributed by atoms with Crippen molar-refractivity contribution in [3.63, 3.8) is 0 Å². The molecule has 0 unspecified atom stereocenters. The third-order valence-electron chi connectivity index (χ3n) is 5.81. The molecule has 8 nitrogen and oxygen atoms in total. The molecule has 12 heteroatoms. The average molecular weight is 552 g/mol. The first kappa shape index (κ1) is 26.3. The fraction of sp³-hybridized carbons (Fsp3) is 0.292. The second-order valence-corrected chi connectivity index (χ2v) is 11.5. The Morgan fingerprint density at radius 2 is 1.83 bits per heavy atom. The fourth-order valence-corrected chi connectivity index (χ4v) is 6.77. The van der Waals surface area contributed by atoms with Crippen LogP contribution in [0.1, 0.15) is 35.2 Å². The molecular formula is C24H23ClFN3O5S2. The molecule has 2 saturated heterocycles. The smallest absolute Gasteiger partial charge is 0.293 e. The van der Waals surface area contributed by atoms with Crippen molar-refractivity contribution < 1.29 is 27.2 Å². The quantitative estimate of drug-likeness (QED) is 0.519. The van der Waals surface area contributed by atoms with Gasteiger partial charge >= 0.3 is 0 Å². The molecule has 2 heterocycles. The number of nitrogens with one attached hydrogen (secondary N) is 1. The van der Waals surface area contributed by atoms with Crippen molar-refractivity contribution in [1.29, 1.82) is 0 Å². The van der Waals surface area contributed by atoms with Crippen molar-refractivity contribution in [1.82, 2.24) is 14.5 Å².